The summed E-state index contributed by atoms with van der Waals surface area (Å²) in [6, 6.07) is 4.72. The van der Waals surface area contributed by atoms with Crippen LogP contribution in [0.1, 0.15) is 45.4 Å². The summed E-state index contributed by atoms with van der Waals surface area (Å²) in [5.41, 5.74) is 16.1. The highest BCUT2D eigenvalue weighted by Gasteiger charge is 2.42. The number of nitrogens with zero attached hydrogens (tertiary/aromatic N) is 3. The van der Waals surface area contributed by atoms with Crippen LogP contribution in [0.3, 0.4) is 0 Å². The van der Waals surface area contributed by atoms with Gasteiger partial charge < -0.3 is 27.4 Å². The van der Waals surface area contributed by atoms with E-state index >= 15 is 0 Å². The summed E-state index contributed by atoms with van der Waals surface area (Å²) in [5, 5.41) is 17.1. The average Bonchev–Trinajstić information content (AvgIpc) is 2.76. The summed E-state index contributed by atoms with van der Waals surface area (Å²) < 4.78 is 0. The Bertz CT molecular complexity index is 848. The Kier molecular flexibility index (Phi) is 9.55. The largest absolute Gasteiger partial charge is 0.370 e. The Morgan fingerprint density at radius 3 is 2.55 bits per heavy atom. The van der Waals surface area contributed by atoms with Crippen molar-refractivity contribution in [2.24, 2.45) is 22.2 Å². The zero-order chi connectivity index (χ0) is 24.4. The van der Waals surface area contributed by atoms with Gasteiger partial charge in [0.25, 0.3) is 5.69 Å². The van der Waals surface area contributed by atoms with Gasteiger partial charge in [0.05, 0.1) is 10.6 Å². The molecule has 0 spiro atoms. The molecule has 1 saturated heterocycles. The minimum absolute atomic E-state index is 0.0427. The number of hydrogen-bond donors (Lipinski definition) is 5. The molecule has 2 atom stereocenters. The first-order chi connectivity index (χ1) is 15.7. The molecule has 8 N–H and O–H groups in total. The van der Waals surface area contributed by atoms with E-state index in [1.807, 2.05) is 6.92 Å². The summed E-state index contributed by atoms with van der Waals surface area (Å²) >= 11 is 0. The predicted molar refractivity (Wildman–Crippen MR) is 126 cm³/mol. The Morgan fingerprint density at radius 1 is 1.30 bits per heavy atom. The normalized spacial score (nSPS) is 18.7. The number of nitro benzene ring substituents is 1. The van der Waals surface area contributed by atoms with Gasteiger partial charge in [0.1, 0.15) is 6.04 Å². The minimum atomic E-state index is -0.816. The standard InChI is InChI=1S/C21H34N8O4/c1-21(11-2-3-14-26-21)28(18(30)10-12-22)17(5-4-13-25-20(23)24)19(31)27-15-6-8-16(9-7-15)29(32)33/h6-9,17,26H,2-5,10-14,22H2,1H3,(H,27,31)(H4,23,24,25)/t17-,21?/m0/s1. The van der Waals surface area contributed by atoms with Gasteiger partial charge in [0.15, 0.2) is 5.96 Å². The van der Waals surface area contributed by atoms with Gasteiger partial charge >= 0.3 is 0 Å². The molecule has 0 saturated carbocycles. The topological polar surface area (TPSA) is 195 Å². The van der Waals surface area contributed by atoms with Crippen molar-refractivity contribution in [2.45, 2.75) is 57.2 Å². The van der Waals surface area contributed by atoms with Crippen LogP contribution in [0.4, 0.5) is 11.4 Å². The number of benzene rings is 1. The second kappa shape index (κ2) is 12.1. The van der Waals surface area contributed by atoms with Crippen molar-refractivity contribution in [1.82, 2.24) is 10.2 Å². The molecule has 1 aromatic carbocycles. The SMILES string of the molecule is CC1(N(C(=O)CCN)[C@@H](CCCN=C(N)N)C(=O)Nc2ccc([N+](=O)[O-])cc2)CCCCN1. The highest BCUT2D eigenvalue weighted by molar-refractivity contribution is 5.97. The fourth-order valence-electron chi connectivity index (χ4n) is 4.05. The summed E-state index contributed by atoms with van der Waals surface area (Å²) in [6.07, 6.45) is 3.49. The van der Waals surface area contributed by atoms with Crippen LogP contribution in [0.2, 0.25) is 0 Å². The van der Waals surface area contributed by atoms with Crippen LogP contribution in [-0.4, -0.2) is 58.9 Å². The average molecular weight is 463 g/mol. The van der Waals surface area contributed by atoms with Crippen LogP contribution in [0.15, 0.2) is 29.3 Å². The van der Waals surface area contributed by atoms with Gasteiger partial charge in [0.2, 0.25) is 11.8 Å². The van der Waals surface area contributed by atoms with Crippen molar-refractivity contribution in [3.63, 3.8) is 0 Å². The van der Waals surface area contributed by atoms with Crippen LogP contribution in [0.25, 0.3) is 0 Å². The van der Waals surface area contributed by atoms with Crippen LogP contribution in [-0.2, 0) is 9.59 Å². The number of nitrogens with two attached hydrogens (primary N) is 3. The van der Waals surface area contributed by atoms with Crippen molar-refractivity contribution in [2.75, 3.05) is 25.0 Å². The number of non-ortho nitro benzene ring substituents is 1. The van der Waals surface area contributed by atoms with E-state index in [9.17, 15) is 19.7 Å². The highest BCUT2D eigenvalue weighted by atomic mass is 16.6. The number of guanidine groups is 1. The van der Waals surface area contributed by atoms with Crippen molar-refractivity contribution >= 4 is 29.1 Å². The van der Waals surface area contributed by atoms with E-state index in [4.69, 9.17) is 17.2 Å². The lowest BCUT2D eigenvalue weighted by Gasteiger charge is -2.48. The molecule has 1 aliphatic heterocycles. The van der Waals surface area contributed by atoms with E-state index in [2.05, 4.69) is 15.6 Å². The van der Waals surface area contributed by atoms with Crippen molar-refractivity contribution in [1.29, 1.82) is 0 Å². The van der Waals surface area contributed by atoms with E-state index in [-0.39, 0.29) is 30.5 Å². The Morgan fingerprint density at radius 2 is 2.00 bits per heavy atom. The van der Waals surface area contributed by atoms with Crippen molar-refractivity contribution < 1.29 is 14.5 Å². The summed E-state index contributed by atoms with van der Waals surface area (Å²) in [6.45, 7) is 3.12. The molecule has 0 bridgehead atoms. The molecule has 182 valence electrons. The maximum atomic E-state index is 13.4. The van der Waals surface area contributed by atoms with E-state index in [1.54, 1.807) is 4.90 Å². The molecule has 1 heterocycles. The lowest BCUT2D eigenvalue weighted by Crippen LogP contribution is -2.66. The molecule has 1 fully saturated rings. The quantitative estimate of drug-likeness (QED) is 0.104. The maximum Gasteiger partial charge on any atom is 0.269 e. The molecule has 1 unspecified atom stereocenters. The number of amides is 2. The third-order valence-corrected chi connectivity index (χ3v) is 5.64. The molecule has 2 rings (SSSR count). The van der Waals surface area contributed by atoms with E-state index in [1.165, 1.54) is 24.3 Å². The van der Waals surface area contributed by atoms with Gasteiger partial charge in [-0.3, -0.25) is 30.0 Å². The predicted octanol–water partition coefficient (Wildman–Crippen LogP) is 0.623. The first-order valence-corrected chi connectivity index (χ1v) is 11.1. The van der Waals surface area contributed by atoms with Crippen LogP contribution in [0, 0.1) is 10.1 Å². The van der Waals surface area contributed by atoms with E-state index < -0.39 is 22.5 Å². The van der Waals surface area contributed by atoms with Crippen LogP contribution in [0.5, 0.6) is 0 Å². The van der Waals surface area contributed by atoms with Gasteiger partial charge in [-0.05, 0) is 57.7 Å². The Hall–Kier alpha value is -3.25. The second-order valence-electron chi connectivity index (χ2n) is 8.22. The van der Waals surface area contributed by atoms with E-state index in [0.717, 1.165) is 19.4 Å². The fourth-order valence-corrected chi connectivity index (χ4v) is 4.05. The number of carbonyl (C=O) groups is 2. The molecule has 12 heteroatoms. The smallest absolute Gasteiger partial charge is 0.269 e. The fraction of sp³-hybridized carbons (Fsp3) is 0.571. The number of rotatable bonds is 11. The van der Waals surface area contributed by atoms with Gasteiger partial charge in [-0.2, -0.15) is 0 Å². The summed E-state index contributed by atoms with van der Waals surface area (Å²) in [5.74, 6) is -0.661. The molecule has 0 radical (unpaired) electrons. The summed E-state index contributed by atoms with van der Waals surface area (Å²) in [4.78, 5) is 42.6. The first-order valence-electron chi connectivity index (χ1n) is 11.1. The minimum Gasteiger partial charge on any atom is -0.370 e. The molecule has 33 heavy (non-hydrogen) atoms. The van der Waals surface area contributed by atoms with Crippen molar-refractivity contribution in [3.05, 3.63) is 34.4 Å². The first kappa shape index (κ1) is 26.0. The van der Waals surface area contributed by atoms with E-state index in [0.29, 0.717) is 31.5 Å². The number of nitrogens with one attached hydrogen (secondary N) is 2. The van der Waals surface area contributed by atoms with Crippen LogP contribution >= 0.6 is 0 Å². The summed E-state index contributed by atoms with van der Waals surface area (Å²) in [7, 11) is 0. The zero-order valence-electron chi connectivity index (χ0n) is 19.0. The number of aliphatic imine (C=N–C) groups is 1. The monoisotopic (exact) mass is 462 g/mol. The third-order valence-electron chi connectivity index (χ3n) is 5.64. The number of nitro groups is 1. The number of piperidine rings is 1. The Labute approximate surface area is 193 Å². The molecule has 0 aromatic heterocycles. The highest BCUT2D eigenvalue weighted by Crippen LogP contribution is 2.29. The number of carbonyl (C=O) groups excluding carboxylic acids is 2. The molecule has 1 aliphatic rings. The maximum absolute atomic E-state index is 13.4. The third kappa shape index (κ3) is 7.39. The van der Waals surface area contributed by atoms with Gasteiger partial charge in [-0.1, -0.05) is 0 Å². The zero-order valence-corrected chi connectivity index (χ0v) is 19.0. The number of anilines is 1. The molecule has 12 nitrogen and oxygen atoms in total. The van der Waals surface area contributed by atoms with Crippen molar-refractivity contribution in [3.8, 4) is 0 Å². The molecule has 2 amide bonds. The number of hydrogen-bond acceptors (Lipinski definition) is 7. The molecular formula is C21H34N8O4. The lowest BCUT2D eigenvalue weighted by molar-refractivity contribution is -0.384. The molecule has 0 aliphatic carbocycles. The lowest BCUT2D eigenvalue weighted by atomic mass is 9.93. The molecular weight excluding hydrogens is 428 g/mol. The van der Waals surface area contributed by atoms with Gasteiger partial charge in [0, 0.05) is 37.3 Å². The second-order valence-corrected chi connectivity index (χ2v) is 8.22. The van der Waals surface area contributed by atoms with Crippen LogP contribution < -0.4 is 27.8 Å². The van der Waals surface area contributed by atoms with Gasteiger partial charge in [-0.15, -0.1) is 0 Å². The molecule has 1 aromatic rings. The Balaban J connectivity index is 2.32. The van der Waals surface area contributed by atoms with Gasteiger partial charge in [-0.25, -0.2) is 0 Å².